The SMILES string of the molecule is Brc1nc2ccccc2nc1Br.COc1cnc2cccc(C=O)c2n1. The first-order chi connectivity index (χ1) is 12.6. The number of aldehydes is 1. The second-order valence-electron chi connectivity index (χ2n) is 5.04. The van der Waals surface area contributed by atoms with Crippen LogP contribution in [0.2, 0.25) is 0 Å². The molecule has 2 aromatic carbocycles. The molecule has 0 bridgehead atoms. The summed E-state index contributed by atoms with van der Waals surface area (Å²) < 4.78 is 6.41. The van der Waals surface area contributed by atoms with Crippen molar-refractivity contribution in [3.63, 3.8) is 0 Å². The topological polar surface area (TPSA) is 77.9 Å². The van der Waals surface area contributed by atoms with Crippen LogP contribution in [0, 0.1) is 0 Å². The molecule has 4 aromatic rings. The van der Waals surface area contributed by atoms with Gasteiger partial charge in [-0.25, -0.2) is 19.9 Å². The number of ether oxygens (including phenoxy) is 1. The first-order valence-corrected chi connectivity index (χ1v) is 9.03. The lowest BCUT2D eigenvalue weighted by Gasteiger charge is -2.01. The van der Waals surface area contributed by atoms with Gasteiger partial charge in [0.25, 0.3) is 0 Å². The fourth-order valence-corrected chi connectivity index (χ4v) is 2.75. The van der Waals surface area contributed by atoms with Crippen LogP contribution in [0.5, 0.6) is 5.88 Å². The summed E-state index contributed by atoms with van der Waals surface area (Å²) in [6, 6.07) is 13.0. The van der Waals surface area contributed by atoms with E-state index >= 15 is 0 Å². The molecule has 26 heavy (non-hydrogen) atoms. The molecule has 6 nitrogen and oxygen atoms in total. The average Bonchev–Trinajstić information content (AvgIpc) is 2.68. The second kappa shape index (κ2) is 8.29. The van der Waals surface area contributed by atoms with Crippen molar-refractivity contribution < 1.29 is 9.53 Å². The minimum absolute atomic E-state index is 0.409. The van der Waals surface area contributed by atoms with Crippen LogP contribution in [-0.4, -0.2) is 33.3 Å². The molecule has 8 heteroatoms. The number of hydrogen-bond acceptors (Lipinski definition) is 6. The van der Waals surface area contributed by atoms with Gasteiger partial charge in [-0.2, -0.15) is 0 Å². The Labute approximate surface area is 165 Å². The van der Waals surface area contributed by atoms with Crippen LogP contribution >= 0.6 is 31.9 Å². The standard InChI is InChI=1S/C10H8N2O2.C8H4Br2N2/c1-14-9-5-11-8-4-2-3-7(6-13)10(8)12-9;9-7-8(10)12-6-4-2-1-3-5(6)11-7/h2-6H,1H3;1-4H. The van der Waals surface area contributed by atoms with E-state index in [2.05, 4.69) is 51.8 Å². The van der Waals surface area contributed by atoms with E-state index in [9.17, 15) is 4.79 Å². The number of carbonyl (C=O) groups is 1. The molecular weight excluding hydrogens is 464 g/mol. The van der Waals surface area contributed by atoms with Gasteiger partial charge in [0.05, 0.1) is 29.9 Å². The Balaban J connectivity index is 0.000000152. The van der Waals surface area contributed by atoms with Crippen molar-refractivity contribution in [1.29, 1.82) is 0 Å². The van der Waals surface area contributed by atoms with Gasteiger partial charge in [-0.3, -0.25) is 4.79 Å². The van der Waals surface area contributed by atoms with Crippen molar-refractivity contribution >= 4 is 60.2 Å². The molecule has 0 unspecified atom stereocenters. The average molecular weight is 476 g/mol. The van der Waals surface area contributed by atoms with E-state index in [1.807, 2.05) is 24.3 Å². The zero-order valence-electron chi connectivity index (χ0n) is 13.6. The van der Waals surface area contributed by atoms with Crippen LogP contribution in [-0.2, 0) is 0 Å². The summed E-state index contributed by atoms with van der Waals surface area (Å²) in [6.45, 7) is 0. The first-order valence-electron chi connectivity index (χ1n) is 7.45. The molecule has 0 amide bonds. The molecule has 0 radical (unpaired) electrons. The lowest BCUT2D eigenvalue weighted by Crippen LogP contribution is -1.93. The smallest absolute Gasteiger partial charge is 0.232 e. The quantitative estimate of drug-likeness (QED) is 0.394. The van der Waals surface area contributed by atoms with Crippen LogP contribution in [0.1, 0.15) is 10.4 Å². The maximum absolute atomic E-state index is 10.7. The summed E-state index contributed by atoms with van der Waals surface area (Å²) in [5.74, 6) is 0.409. The van der Waals surface area contributed by atoms with E-state index < -0.39 is 0 Å². The zero-order chi connectivity index (χ0) is 18.5. The Morgan fingerprint density at radius 1 is 0.885 bits per heavy atom. The van der Waals surface area contributed by atoms with E-state index in [1.165, 1.54) is 13.3 Å². The number of carbonyl (C=O) groups excluding carboxylic acids is 1. The normalized spacial score (nSPS) is 10.3. The van der Waals surface area contributed by atoms with Gasteiger partial charge in [0.2, 0.25) is 5.88 Å². The highest BCUT2D eigenvalue weighted by Crippen LogP contribution is 2.21. The number of benzene rings is 2. The molecule has 0 saturated heterocycles. The Kier molecular flexibility index (Phi) is 5.85. The number of methoxy groups -OCH3 is 1. The van der Waals surface area contributed by atoms with Gasteiger partial charge in [-0.1, -0.05) is 18.2 Å². The first kappa shape index (κ1) is 18.3. The Bertz CT molecular complexity index is 1050. The molecule has 4 rings (SSSR count). The van der Waals surface area contributed by atoms with Gasteiger partial charge in [-0.15, -0.1) is 0 Å². The van der Waals surface area contributed by atoms with Crippen molar-refractivity contribution in [3.05, 3.63) is 63.4 Å². The van der Waals surface area contributed by atoms with Crippen molar-refractivity contribution in [3.8, 4) is 5.88 Å². The van der Waals surface area contributed by atoms with Crippen molar-refractivity contribution in [2.75, 3.05) is 7.11 Å². The van der Waals surface area contributed by atoms with E-state index in [1.54, 1.807) is 18.2 Å². The summed E-state index contributed by atoms with van der Waals surface area (Å²) in [5.41, 5.74) is 3.58. The highest BCUT2D eigenvalue weighted by molar-refractivity contribution is 9.13. The molecule has 0 aliphatic rings. The number of rotatable bonds is 2. The van der Waals surface area contributed by atoms with Gasteiger partial charge in [0.1, 0.15) is 14.7 Å². The highest BCUT2D eigenvalue weighted by Gasteiger charge is 2.04. The van der Waals surface area contributed by atoms with Gasteiger partial charge in [0.15, 0.2) is 6.29 Å². The minimum atomic E-state index is 0.409. The zero-order valence-corrected chi connectivity index (χ0v) is 16.7. The lowest BCUT2D eigenvalue weighted by molar-refractivity contribution is 0.112. The van der Waals surface area contributed by atoms with E-state index in [0.717, 1.165) is 26.5 Å². The summed E-state index contributed by atoms with van der Waals surface area (Å²) in [7, 11) is 1.51. The molecule has 0 spiro atoms. The van der Waals surface area contributed by atoms with Crippen molar-refractivity contribution in [2.24, 2.45) is 0 Å². The molecule has 0 aliphatic heterocycles. The third kappa shape index (κ3) is 4.03. The van der Waals surface area contributed by atoms with Gasteiger partial charge < -0.3 is 4.74 Å². The number of aromatic nitrogens is 4. The summed E-state index contributed by atoms with van der Waals surface area (Å²) in [6.07, 6.45) is 2.29. The molecule has 0 aliphatic carbocycles. The maximum Gasteiger partial charge on any atom is 0.232 e. The van der Waals surface area contributed by atoms with Crippen LogP contribution in [0.4, 0.5) is 0 Å². The number of halogens is 2. The predicted molar refractivity (Wildman–Crippen MR) is 106 cm³/mol. The van der Waals surface area contributed by atoms with Crippen molar-refractivity contribution in [1.82, 2.24) is 19.9 Å². The fraction of sp³-hybridized carbons (Fsp3) is 0.0556. The molecule has 2 heterocycles. The second-order valence-corrected chi connectivity index (χ2v) is 6.54. The number of para-hydroxylation sites is 3. The molecule has 0 fully saturated rings. The Hall–Kier alpha value is -2.45. The number of hydrogen-bond donors (Lipinski definition) is 0. The lowest BCUT2D eigenvalue weighted by atomic mass is 10.2. The highest BCUT2D eigenvalue weighted by atomic mass is 79.9. The Morgan fingerprint density at radius 3 is 2.08 bits per heavy atom. The summed E-state index contributed by atoms with van der Waals surface area (Å²) in [5, 5.41) is 0. The van der Waals surface area contributed by atoms with Gasteiger partial charge in [-0.05, 0) is 56.1 Å². The third-order valence-electron chi connectivity index (χ3n) is 3.41. The molecule has 130 valence electrons. The molecule has 2 aromatic heterocycles. The molecule has 0 atom stereocenters. The third-order valence-corrected chi connectivity index (χ3v) is 5.05. The van der Waals surface area contributed by atoms with E-state index in [-0.39, 0.29) is 0 Å². The minimum Gasteiger partial charge on any atom is -0.480 e. The van der Waals surface area contributed by atoms with Crippen LogP contribution < -0.4 is 4.74 Å². The molecule has 0 saturated carbocycles. The monoisotopic (exact) mass is 474 g/mol. The van der Waals surface area contributed by atoms with E-state index in [4.69, 9.17) is 4.74 Å². The van der Waals surface area contributed by atoms with E-state index in [0.29, 0.717) is 22.5 Å². The largest absolute Gasteiger partial charge is 0.480 e. The number of fused-ring (bicyclic) bond motifs is 2. The molecular formula is C18H12Br2N4O2. The van der Waals surface area contributed by atoms with Gasteiger partial charge >= 0.3 is 0 Å². The predicted octanol–water partition coefficient (Wildman–Crippen LogP) is 4.61. The maximum atomic E-state index is 10.7. The summed E-state index contributed by atoms with van der Waals surface area (Å²) >= 11 is 6.59. The van der Waals surface area contributed by atoms with Crippen LogP contribution in [0.3, 0.4) is 0 Å². The van der Waals surface area contributed by atoms with Crippen LogP contribution in [0.15, 0.2) is 57.9 Å². The Morgan fingerprint density at radius 2 is 1.50 bits per heavy atom. The summed E-state index contributed by atoms with van der Waals surface area (Å²) in [4.78, 5) is 27.5. The fourth-order valence-electron chi connectivity index (χ4n) is 2.19. The van der Waals surface area contributed by atoms with Gasteiger partial charge in [0, 0.05) is 5.56 Å². The van der Waals surface area contributed by atoms with Crippen LogP contribution in [0.25, 0.3) is 22.1 Å². The molecule has 0 N–H and O–H groups in total. The number of nitrogens with zero attached hydrogens (tertiary/aromatic N) is 4. The van der Waals surface area contributed by atoms with Crippen molar-refractivity contribution in [2.45, 2.75) is 0 Å².